The summed E-state index contributed by atoms with van der Waals surface area (Å²) in [6.45, 7) is 1.97. The summed E-state index contributed by atoms with van der Waals surface area (Å²) >= 11 is 5.98. The van der Waals surface area contributed by atoms with Crippen LogP contribution in [0, 0.1) is 5.82 Å². The monoisotopic (exact) mass is 482 g/mol. The molecular formula is C23H20ClFN6O3. The van der Waals surface area contributed by atoms with Crippen molar-refractivity contribution < 1.29 is 13.9 Å². The van der Waals surface area contributed by atoms with Crippen molar-refractivity contribution >= 4 is 23.1 Å². The van der Waals surface area contributed by atoms with E-state index in [-0.39, 0.29) is 46.8 Å². The number of aryl methyl sites for hydroxylation is 1. The third kappa shape index (κ3) is 3.54. The van der Waals surface area contributed by atoms with Gasteiger partial charge < -0.3 is 14.4 Å². The molecule has 4 aromatic rings. The molecule has 0 N–H and O–H groups in total. The van der Waals surface area contributed by atoms with Crippen LogP contribution in [-0.2, 0) is 29.7 Å². The number of nitrogens with zero attached hydrogens (tertiary/aromatic N) is 6. The van der Waals surface area contributed by atoms with E-state index in [4.69, 9.17) is 26.1 Å². The number of hydrogen-bond acceptors (Lipinski definition) is 7. The van der Waals surface area contributed by atoms with Crippen LogP contribution < -0.4 is 10.5 Å². The Balaban J connectivity index is 1.52. The van der Waals surface area contributed by atoms with Crippen molar-refractivity contribution in [2.75, 3.05) is 24.6 Å². The first-order valence-corrected chi connectivity index (χ1v) is 11.2. The average molecular weight is 483 g/mol. The van der Waals surface area contributed by atoms with Gasteiger partial charge >= 0.3 is 0 Å². The van der Waals surface area contributed by atoms with Crippen molar-refractivity contribution in [3.63, 3.8) is 0 Å². The number of benzene rings is 1. The molecule has 3 aromatic heterocycles. The van der Waals surface area contributed by atoms with Crippen LogP contribution in [-0.4, -0.2) is 43.8 Å². The Hall–Kier alpha value is -3.34. The van der Waals surface area contributed by atoms with Gasteiger partial charge in [0.15, 0.2) is 5.65 Å². The fraction of sp³-hybridized carbons (Fsp3) is 0.304. The molecule has 0 aliphatic carbocycles. The summed E-state index contributed by atoms with van der Waals surface area (Å²) in [5.41, 5.74) is 2.52. The third-order valence-corrected chi connectivity index (χ3v) is 6.37. The van der Waals surface area contributed by atoms with E-state index in [0.717, 1.165) is 5.56 Å². The zero-order chi connectivity index (χ0) is 23.4. The van der Waals surface area contributed by atoms with Gasteiger partial charge in [-0.15, -0.1) is 0 Å². The minimum absolute atomic E-state index is 0.201. The molecule has 0 spiro atoms. The molecule has 1 unspecified atom stereocenters. The molecule has 0 amide bonds. The van der Waals surface area contributed by atoms with E-state index in [1.807, 2.05) is 18.1 Å². The molecule has 2 aliphatic rings. The van der Waals surface area contributed by atoms with E-state index >= 15 is 0 Å². The van der Waals surface area contributed by atoms with Crippen molar-refractivity contribution in [3.8, 4) is 11.3 Å². The number of anilines is 1. The molecule has 34 heavy (non-hydrogen) atoms. The minimum Gasteiger partial charge on any atom is -0.370 e. The Morgan fingerprint density at radius 3 is 2.88 bits per heavy atom. The number of aromatic nitrogens is 5. The fourth-order valence-electron chi connectivity index (χ4n) is 4.40. The van der Waals surface area contributed by atoms with Crippen molar-refractivity contribution in [2.24, 2.45) is 7.05 Å². The summed E-state index contributed by atoms with van der Waals surface area (Å²) in [6.07, 6.45) is 5.13. The summed E-state index contributed by atoms with van der Waals surface area (Å²) in [7, 11) is 1.85. The van der Waals surface area contributed by atoms with Crippen LogP contribution in [0.25, 0.3) is 16.9 Å². The Morgan fingerprint density at radius 1 is 1.21 bits per heavy atom. The quantitative estimate of drug-likeness (QED) is 0.443. The van der Waals surface area contributed by atoms with Gasteiger partial charge in [0, 0.05) is 35.9 Å². The zero-order valence-corrected chi connectivity index (χ0v) is 19.0. The lowest BCUT2D eigenvalue weighted by atomic mass is 10.1. The average Bonchev–Trinajstić information content (AvgIpc) is 3.48. The standard InChI is InChI=1S/C23H20ClFN6O3/c1-29-8-13(7-26-29)19-9-30(4-5-34-19)20-10-31-22(27-18-12-33-11-16(18)23(31)32)21(28-20)15-3-2-14(24)6-17(15)25/h2-3,6-8,10,19H,4-5,9,11-12H2,1H3. The zero-order valence-electron chi connectivity index (χ0n) is 18.2. The number of morpholine rings is 1. The van der Waals surface area contributed by atoms with E-state index in [1.165, 1.54) is 10.5 Å². The highest BCUT2D eigenvalue weighted by atomic mass is 35.5. The highest BCUT2D eigenvalue weighted by Crippen LogP contribution is 2.31. The van der Waals surface area contributed by atoms with Gasteiger partial charge in [-0.05, 0) is 18.2 Å². The Morgan fingerprint density at radius 2 is 2.09 bits per heavy atom. The molecule has 0 saturated carbocycles. The predicted molar refractivity (Wildman–Crippen MR) is 122 cm³/mol. The van der Waals surface area contributed by atoms with Crippen molar-refractivity contribution in [2.45, 2.75) is 19.3 Å². The molecule has 9 nitrogen and oxygen atoms in total. The predicted octanol–water partition coefficient (Wildman–Crippen LogP) is 2.89. The Kier molecular flexibility index (Phi) is 5.09. The normalized spacial score (nSPS) is 18.0. The number of rotatable bonds is 3. The van der Waals surface area contributed by atoms with Gasteiger partial charge in [0.05, 0.1) is 50.0 Å². The molecule has 174 valence electrons. The molecule has 11 heteroatoms. The molecule has 5 heterocycles. The molecule has 2 aliphatic heterocycles. The van der Waals surface area contributed by atoms with Crippen molar-refractivity contribution in [3.05, 3.63) is 74.8 Å². The second kappa shape index (κ2) is 8.15. The first kappa shape index (κ1) is 21.2. The van der Waals surface area contributed by atoms with Gasteiger partial charge in [-0.3, -0.25) is 13.9 Å². The molecule has 0 bridgehead atoms. The van der Waals surface area contributed by atoms with E-state index in [1.54, 1.807) is 29.2 Å². The third-order valence-electron chi connectivity index (χ3n) is 6.14. The van der Waals surface area contributed by atoms with Crippen molar-refractivity contribution in [1.29, 1.82) is 0 Å². The fourth-order valence-corrected chi connectivity index (χ4v) is 4.56. The minimum atomic E-state index is -0.541. The van der Waals surface area contributed by atoms with Gasteiger partial charge in [-0.25, -0.2) is 14.4 Å². The maximum atomic E-state index is 15.0. The van der Waals surface area contributed by atoms with Crippen LogP contribution >= 0.6 is 11.6 Å². The molecule has 0 radical (unpaired) electrons. The molecule has 1 aromatic carbocycles. The smallest absolute Gasteiger partial charge is 0.263 e. The van der Waals surface area contributed by atoms with Crippen LogP contribution in [0.5, 0.6) is 0 Å². The largest absolute Gasteiger partial charge is 0.370 e. The topological polar surface area (TPSA) is 86.8 Å². The van der Waals surface area contributed by atoms with Gasteiger partial charge in [-0.1, -0.05) is 11.6 Å². The summed E-state index contributed by atoms with van der Waals surface area (Å²) in [6, 6.07) is 4.37. The first-order chi connectivity index (χ1) is 16.5. The van der Waals surface area contributed by atoms with E-state index in [0.29, 0.717) is 36.8 Å². The maximum Gasteiger partial charge on any atom is 0.263 e. The molecule has 1 atom stereocenters. The summed E-state index contributed by atoms with van der Waals surface area (Å²) in [5.74, 6) is -0.0166. The number of hydrogen-bond donors (Lipinski definition) is 0. The first-order valence-electron chi connectivity index (χ1n) is 10.8. The second-order valence-corrected chi connectivity index (χ2v) is 8.79. The SMILES string of the molecule is Cn1cc(C2CN(c3cn4c(=O)c5c(nc4c(-c4ccc(Cl)cc4F)n3)COC5)CCO2)cn1. The molecule has 1 saturated heterocycles. The van der Waals surface area contributed by atoms with Gasteiger partial charge in [0.25, 0.3) is 5.56 Å². The van der Waals surface area contributed by atoms with E-state index in [2.05, 4.69) is 10.1 Å². The van der Waals surface area contributed by atoms with Crippen LogP contribution in [0.4, 0.5) is 10.2 Å². The van der Waals surface area contributed by atoms with E-state index < -0.39 is 5.82 Å². The summed E-state index contributed by atoms with van der Waals surface area (Å²) < 4.78 is 29.5. The lowest BCUT2D eigenvalue weighted by molar-refractivity contribution is 0.0394. The number of halogens is 2. The molecular weight excluding hydrogens is 463 g/mol. The highest BCUT2D eigenvalue weighted by Gasteiger charge is 2.27. The van der Waals surface area contributed by atoms with Crippen LogP contribution in [0.3, 0.4) is 0 Å². The van der Waals surface area contributed by atoms with Crippen LogP contribution in [0.2, 0.25) is 5.02 Å². The summed E-state index contributed by atoms with van der Waals surface area (Å²) in [4.78, 5) is 24.8. The van der Waals surface area contributed by atoms with Crippen molar-refractivity contribution in [1.82, 2.24) is 24.1 Å². The lowest BCUT2D eigenvalue weighted by Gasteiger charge is -2.33. The lowest BCUT2D eigenvalue weighted by Crippen LogP contribution is -2.39. The Labute approximate surface area is 198 Å². The number of ether oxygens (including phenoxy) is 2. The van der Waals surface area contributed by atoms with Crippen LogP contribution in [0.1, 0.15) is 22.9 Å². The number of fused-ring (bicyclic) bond motifs is 2. The second-order valence-electron chi connectivity index (χ2n) is 8.35. The van der Waals surface area contributed by atoms with Crippen LogP contribution in [0.15, 0.2) is 41.6 Å². The Bertz CT molecular complexity index is 1490. The van der Waals surface area contributed by atoms with Gasteiger partial charge in [0.1, 0.15) is 23.4 Å². The van der Waals surface area contributed by atoms with Gasteiger partial charge in [-0.2, -0.15) is 5.10 Å². The summed E-state index contributed by atoms with van der Waals surface area (Å²) in [5, 5.41) is 4.50. The highest BCUT2D eigenvalue weighted by molar-refractivity contribution is 6.30. The van der Waals surface area contributed by atoms with E-state index in [9.17, 15) is 9.18 Å². The molecule has 6 rings (SSSR count). The maximum absolute atomic E-state index is 15.0. The van der Waals surface area contributed by atoms with Gasteiger partial charge in [0.2, 0.25) is 0 Å². The molecule has 1 fully saturated rings.